The van der Waals surface area contributed by atoms with Crippen LogP contribution in [0, 0.1) is 22.7 Å². The molecule has 0 aliphatic heterocycles. The van der Waals surface area contributed by atoms with Gasteiger partial charge in [0.15, 0.2) is 17.2 Å². The minimum atomic E-state index is -2.58. The van der Waals surface area contributed by atoms with Gasteiger partial charge in [-0.2, -0.15) is 0 Å². The van der Waals surface area contributed by atoms with Crippen LogP contribution in [0.3, 0.4) is 0 Å². The van der Waals surface area contributed by atoms with E-state index in [0.29, 0.717) is 24.8 Å². The number of carbonyl (C=O) groups excluding carboxylic acids is 3. The van der Waals surface area contributed by atoms with Crippen molar-refractivity contribution in [2.45, 2.75) is 79.8 Å². The second-order valence-corrected chi connectivity index (χ2v) is 11.6. The fourth-order valence-corrected chi connectivity index (χ4v) is 7.51. The Hall–Kier alpha value is -2.93. The molecule has 0 saturated heterocycles. The number of benzene rings is 1. The summed E-state index contributed by atoms with van der Waals surface area (Å²) < 4.78 is 0. The van der Waals surface area contributed by atoms with Gasteiger partial charge in [0, 0.05) is 22.3 Å². The van der Waals surface area contributed by atoms with Gasteiger partial charge in [-0.15, -0.1) is 0 Å². The van der Waals surface area contributed by atoms with Crippen LogP contribution in [0.4, 0.5) is 0 Å². The molecule has 0 amide bonds. The molecule has 4 rings (SSSR count). The molecule has 0 bridgehead atoms. The number of hydrogen-bond acceptors (Lipinski definition) is 7. The van der Waals surface area contributed by atoms with E-state index in [9.17, 15) is 34.8 Å². The first-order chi connectivity index (χ1) is 16.6. The molecule has 1 saturated carbocycles. The summed E-state index contributed by atoms with van der Waals surface area (Å²) in [6, 6.07) is 1.92. The highest BCUT2D eigenvalue weighted by molar-refractivity contribution is 6.24. The van der Waals surface area contributed by atoms with E-state index in [1.54, 1.807) is 20.8 Å². The number of carbonyl (C=O) groups is 3. The number of ketones is 3. The zero-order valence-electron chi connectivity index (χ0n) is 22.1. The van der Waals surface area contributed by atoms with E-state index >= 15 is 0 Å². The van der Waals surface area contributed by atoms with Crippen molar-refractivity contribution in [2.24, 2.45) is 22.7 Å². The molecule has 7 nitrogen and oxygen atoms in total. The number of phenols is 1. The average Bonchev–Trinajstić information content (AvgIpc) is 2.76. The van der Waals surface area contributed by atoms with Gasteiger partial charge in [-0.25, -0.2) is 0 Å². The maximum atomic E-state index is 14.3. The molecule has 1 unspecified atom stereocenters. The maximum Gasteiger partial charge on any atom is 0.203 e. The number of hydrogen-bond donors (Lipinski definition) is 4. The number of fused-ring (bicyclic) bond motifs is 3. The summed E-state index contributed by atoms with van der Waals surface area (Å²) in [6.45, 7) is 12.0. The Morgan fingerprint density at radius 1 is 1.08 bits per heavy atom. The fraction of sp³-hybridized carbons (Fsp3) is 0.552. The zero-order valence-corrected chi connectivity index (χ0v) is 22.1. The standard InChI is InChI=1S/C29H36O7/c1-8-15-10-16(9-2)22(31)19-17(15)11-27(6)12-28(7)20(13(3)4)23(32)18(14(5)30)25(34)29(28,36)26(35)21(27)24(19)33/h10,13,20,31,33-34,36H,8-9,11-12H2,1-7H3/t20?,27-,28-,29+/m1/s1. The highest BCUT2D eigenvalue weighted by Crippen LogP contribution is 2.65. The minimum Gasteiger partial charge on any atom is -0.508 e. The van der Waals surface area contributed by atoms with Crippen molar-refractivity contribution in [1.29, 1.82) is 0 Å². The number of Topliss-reactive ketones (excluding diaryl/α,β-unsaturated/α-hetero) is 3. The zero-order chi connectivity index (χ0) is 27.1. The third kappa shape index (κ3) is 2.98. The smallest absolute Gasteiger partial charge is 0.203 e. The first-order valence-electron chi connectivity index (χ1n) is 12.7. The van der Waals surface area contributed by atoms with E-state index in [-0.39, 0.29) is 29.2 Å². The van der Waals surface area contributed by atoms with Crippen LogP contribution >= 0.6 is 0 Å². The van der Waals surface area contributed by atoms with Crippen LogP contribution in [0.15, 0.2) is 23.0 Å². The number of aromatic hydroxyl groups is 1. The van der Waals surface area contributed by atoms with Crippen molar-refractivity contribution >= 4 is 23.1 Å². The van der Waals surface area contributed by atoms with Crippen molar-refractivity contribution in [3.05, 3.63) is 45.2 Å². The van der Waals surface area contributed by atoms with E-state index in [1.807, 2.05) is 26.8 Å². The molecule has 4 atom stereocenters. The lowest BCUT2D eigenvalue weighted by molar-refractivity contribution is -0.178. The Labute approximate surface area is 211 Å². The number of rotatable bonds is 4. The molecule has 3 aliphatic rings. The number of aliphatic hydroxyl groups is 3. The first-order valence-corrected chi connectivity index (χ1v) is 12.7. The molecule has 1 aromatic rings. The number of aliphatic hydroxyl groups excluding tert-OH is 2. The van der Waals surface area contributed by atoms with Crippen molar-refractivity contribution in [3.63, 3.8) is 0 Å². The normalized spacial score (nSPS) is 32.0. The fourth-order valence-electron chi connectivity index (χ4n) is 7.51. The Morgan fingerprint density at radius 2 is 1.67 bits per heavy atom. The molecule has 0 radical (unpaired) electrons. The minimum absolute atomic E-state index is 0.0908. The summed E-state index contributed by atoms with van der Waals surface area (Å²) in [6.07, 6.45) is 1.58. The van der Waals surface area contributed by atoms with Gasteiger partial charge in [-0.1, -0.05) is 47.6 Å². The van der Waals surface area contributed by atoms with Crippen LogP contribution in [0.1, 0.15) is 77.1 Å². The van der Waals surface area contributed by atoms with Crippen molar-refractivity contribution in [2.75, 3.05) is 0 Å². The Bertz CT molecular complexity index is 1280. The molecule has 194 valence electrons. The van der Waals surface area contributed by atoms with Gasteiger partial charge >= 0.3 is 0 Å². The molecule has 1 fully saturated rings. The average molecular weight is 497 g/mol. The van der Waals surface area contributed by atoms with E-state index in [2.05, 4.69) is 0 Å². The van der Waals surface area contributed by atoms with E-state index in [1.165, 1.54) is 0 Å². The third-order valence-electron chi connectivity index (χ3n) is 8.94. The van der Waals surface area contributed by atoms with Crippen molar-refractivity contribution < 1.29 is 34.8 Å². The van der Waals surface area contributed by atoms with E-state index in [4.69, 9.17) is 0 Å². The Kier molecular flexibility index (Phi) is 5.84. The van der Waals surface area contributed by atoms with Gasteiger partial charge in [-0.3, -0.25) is 14.4 Å². The lowest BCUT2D eigenvalue weighted by atomic mass is 9.43. The molecule has 0 aromatic heterocycles. The molecule has 1 aromatic carbocycles. The van der Waals surface area contributed by atoms with Crippen LogP contribution in [0.2, 0.25) is 0 Å². The monoisotopic (exact) mass is 496 g/mol. The second-order valence-electron chi connectivity index (χ2n) is 11.6. The summed E-state index contributed by atoms with van der Waals surface area (Å²) in [7, 11) is 0. The second kappa shape index (κ2) is 8.04. The van der Waals surface area contributed by atoms with Gasteiger partial charge in [0.2, 0.25) is 5.78 Å². The topological polar surface area (TPSA) is 132 Å². The Balaban J connectivity index is 2.11. The highest BCUT2D eigenvalue weighted by Gasteiger charge is 2.72. The summed E-state index contributed by atoms with van der Waals surface area (Å²) in [5.74, 6) is -4.97. The van der Waals surface area contributed by atoms with Crippen molar-refractivity contribution in [1.82, 2.24) is 0 Å². The molecule has 4 N–H and O–H groups in total. The van der Waals surface area contributed by atoms with Crippen LogP contribution in [-0.4, -0.2) is 43.4 Å². The van der Waals surface area contributed by atoms with Gasteiger partial charge in [-0.05, 0) is 55.2 Å². The molecule has 0 spiro atoms. The van der Waals surface area contributed by atoms with Gasteiger partial charge in [0.1, 0.15) is 22.8 Å². The summed E-state index contributed by atoms with van der Waals surface area (Å²) in [5, 5.41) is 45.8. The van der Waals surface area contributed by atoms with Crippen LogP contribution < -0.4 is 0 Å². The van der Waals surface area contributed by atoms with E-state index in [0.717, 1.165) is 18.1 Å². The summed E-state index contributed by atoms with van der Waals surface area (Å²) in [5.41, 5.74) is -3.15. The Morgan fingerprint density at radius 3 is 2.17 bits per heavy atom. The molecule has 0 heterocycles. The largest absolute Gasteiger partial charge is 0.508 e. The van der Waals surface area contributed by atoms with Crippen LogP contribution in [-0.2, 0) is 33.6 Å². The maximum absolute atomic E-state index is 14.3. The number of aryl methyl sites for hydroxylation is 2. The SMILES string of the molecule is CCc1cc(CC)c2c(c1O)C(O)=C1C(=O)[C@@]3(O)C(O)=C(C(C)=O)C(=O)C(C(C)C)[C@@]3(C)C[C@@]1(C)C2. The quantitative estimate of drug-likeness (QED) is 0.457. The predicted molar refractivity (Wildman–Crippen MR) is 135 cm³/mol. The molecule has 36 heavy (non-hydrogen) atoms. The van der Waals surface area contributed by atoms with E-state index < -0.39 is 56.8 Å². The molecule has 7 heteroatoms. The summed E-state index contributed by atoms with van der Waals surface area (Å²) in [4.78, 5) is 40.2. The lowest BCUT2D eigenvalue weighted by Gasteiger charge is -2.59. The molecular formula is C29H36O7. The van der Waals surface area contributed by atoms with Gasteiger partial charge in [0.25, 0.3) is 0 Å². The summed E-state index contributed by atoms with van der Waals surface area (Å²) >= 11 is 0. The lowest BCUT2D eigenvalue weighted by Crippen LogP contribution is -2.69. The first kappa shape index (κ1) is 26.1. The van der Waals surface area contributed by atoms with Gasteiger partial charge in [0.05, 0.1) is 5.56 Å². The van der Waals surface area contributed by atoms with Crippen molar-refractivity contribution in [3.8, 4) is 5.75 Å². The molecular weight excluding hydrogens is 460 g/mol. The van der Waals surface area contributed by atoms with Gasteiger partial charge < -0.3 is 20.4 Å². The molecule has 3 aliphatic carbocycles. The predicted octanol–water partition coefficient (Wildman–Crippen LogP) is 4.31. The third-order valence-corrected chi connectivity index (χ3v) is 8.94. The van der Waals surface area contributed by atoms with Crippen LogP contribution in [0.25, 0.3) is 5.76 Å². The highest BCUT2D eigenvalue weighted by atomic mass is 16.3. The number of allylic oxidation sites excluding steroid dienone is 1. The number of phenolic OH excluding ortho intramolecular Hbond substituents is 1. The van der Waals surface area contributed by atoms with Crippen LogP contribution in [0.5, 0.6) is 5.75 Å².